The lowest BCUT2D eigenvalue weighted by Gasteiger charge is -2.15. The molecule has 0 aliphatic heterocycles. The monoisotopic (exact) mass is 303 g/mol. The first-order chi connectivity index (χ1) is 10.7. The minimum Gasteiger partial charge on any atom is -0.469 e. The summed E-state index contributed by atoms with van der Waals surface area (Å²) in [6.07, 6.45) is 1.00. The number of furan rings is 1. The highest BCUT2D eigenvalue weighted by atomic mass is 16.6. The highest BCUT2D eigenvalue weighted by Crippen LogP contribution is 2.06. The number of esters is 1. The summed E-state index contributed by atoms with van der Waals surface area (Å²) in [4.78, 5) is 23.5. The Kier molecular flexibility index (Phi) is 5.59. The third-order valence-corrected chi connectivity index (χ3v) is 2.98. The summed E-state index contributed by atoms with van der Waals surface area (Å²) in [5.41, 5.74) is 0.860. The van der Waals surface area contributed by atoms with E-state index < -0.39 is 18.1 Å². The third-order valence-electron chi connectivity index (χ3n) is 2.98. The quantitative estimate of drug-likeness (QED) is 0.828. The van der Waals surface area contributed by atoms with E-state index in [4.69, 9.17) is 9.15 Å². The van der Waals surface area contributed by atoms with Crippen molar-refractivity contribution in [2.24, 2.45) is 0 Å². The summed E-state index contributed by atoms with van der Waals surface area (Å²) >= 11 is 0. The fourth-order valence-corrected chi connectivity index (χ4v) is 1.87. The van der Waals surface area contributed by atoms with Gasteiger partial charge in [0.05, 0.1) is 13.4 Å². The van der Waals surface area contributed by atoms with Crippen molar-refractivity contribution in [3.05, 3.63) is 60.1 Å². The Balaban J connectivity index is 1.88. The molecular formula is C16H17NO5. The number of hydrogen-bond acceptors (Lipinski definition) is 5. The van der Waals surface area contributed by atoms with Crippen LogP contribution >= 0.6 is 0 Å². The molecule has 116 valence electrons. The van der Waals surface area contributed by atoms with E-state index in [9.17, 15) is 9.59 Å². The van der Waals surface area contributed by atoms with Crippen LogP contribution in [0.3, 0.4) is 0 Å². The van der Waals surface area contributed by atoms with Crippen LogP contribution in [0.4, 0.5) is 4.79 Å². The van der Waals surface area contributed by atoms with Gasteiger partial charge in [0.15, 0.2) is 0 Å². The molecule has 1 heterocycles. The Morgan fingerprint density at radius 2 is 1.95 bits per heavy atom. The molecule has 0 unspecified atom stereocenters. The smallest absolute Gasteiger partial charge is 0.408 e. The largest absolute Gasteiger partial charge is 0.469 e. The molecule has 0 aliphatic rings. The molecular weight excluding hydrogens is 286 g/mol. The lowest BCUT2D eigenvalue weighted by Crippen LogP contribution is -2.43. The number of hydrogen-bond donors (Lipinski definition) is 1. The lowest BCUT2D eigenvalue weighted by atomic mass is 10.2. The van der Waals surface area contributed by atoms with Crippen LogP contribution in [0.2, 0.25) is 0 Å². The second-order valence-corrected chi connectivity index (χ2v) is 4.57. The molecule has 2 rings (SSSR count). The van der Waals surface area contributed by atoms with Gasteiger partial charge in [-0.25, -0.2) is 9.59 Å². The van der Waals surface area contributed by atoms with Crippen molar-refractivity contribution in [3.8, 4) is 0 Å². The topological polar surface area (TPSA) is 77.8 Å². The number of nitrogens with one attached hydrogen (secondary N) is 1. The second kappa shape index (κ2) is 7.87. The SMILES string of the molecule is COC(=O)[C@H](Cc1ccco1)NC(=O)OCc1ccccc1. The molecule has 1 aromatic carbocycles. The summed E-state index contributed by atoms with van der Waals surface area (Å²) < 4.78 is 14.9. The maximum atomic E-state index is 11.8. The average Bonchev–Trinajstić information content (AvgIpc) is 3.05. The van der Waals surface area contributed by atoms with Gasteiger partial charge in [-0.2, -0.15) is 0 Å². The number of rotatable bonds is 6. The molecule has 2 aromatic rings. The Hall–Kier alpha value is -2.76. The van der Waals surface area contributed by atoms with Crippen LogP contribution in [0.5, 0.6) is 0 Å². The molecule has 22 heavy (non-hydrogen) atoms. The molecule has 1 N–H and O–H groups in total. The predicted octanol–water partition coefficient (Wildman–Crippen LogP) is 2.29. The van der Waals surface area contributed by atoms with Gasteiger partial charge in [-0.05, 0) is 17.7 Å². The van der Waals surface area contributed by atoms with Gasteiger partial charge in [0.2, 0.25) is 0 Å². The Morgan fingerprint density at radius 3 is 2.59 bits per heavy atom. The molecule has 1 aromatic heterocycles. The van der Waals surface area contributed by atoms with Crippen LogP contribution in [-0.2, 0) is 27.3 Å². The molecule has 0 spiro atoms. The first kappa shape index (κ1) is 15.6. The molecule has 6 nitrogen and oxygen atoms in total. The van der Waals surface area contributed by atoms with Crippen molar-refractivity contribution in [2.45, 2.75) is 19.1 Å². The molecule has 0 saturated carbocycles. The average molecular weight is 303 g/mol. The van der Waals surface area contributed by atoms with Crippen molar-refractivity contribution >= 4 is 12.1 Å². The van der Waals surface area contributed by atoms with Gasteiger partial charge in [-0.15, -0.1) is 0 Å². The van der Waals surface area contributed by atoms with E-state index in [0.717, 1.165) is 5.56 Å². The molecule has 0 fully saturated rings. The number of benzene rings is 1. The number of carbonyl (C=O) groups excluding carboxylic acids is 2. The van der Waals surface area contributed by atoms with Gasteiger partial charge in [0, 0.05) is 6.42 Å². The fourth-order valence-electron chi connectivity index (χ4n) is 1.87. The molecule has 0 bridgehead atoms. The minimum absolute atomic E-state index is 0.126. The van der Waals surface area contributed by atoms with E-state index in [1.807, 2.05) is 30.3 Å². The summed E-state index contributed by atoms with van der Waals surface area (Å²) in [6, 6.07) is 11.8. The van der Waals surface area contributed by atoms with Crippen molar-refractivity contribution in [2.75, 3.05) is 7.11 Å². The van der Waals surface area contributed by atoms with E-state index in [1.165, 1.54) is 13.4 Å². The number of carbonyl (C=O) groups is 2. The number of ether oxygens (including phenoxy) is 2. The summed E-state index contributed by atoms with van der Waals surface area (Å²) in [6.45, 7) is 0.126. The first-order valence-corrected chi connectivity index (χ1v) is 6.76. The first-order valence-electron chi connectivity index (χ1n) is 6.76. The molecule has 0 saturated heterocycles. The van der Waals surface area contributed by atoms with Gasteiger partial charge in [0.25, 0.3) is 0 Å². The Bertz CT molecular complexity index is 594. The Morgan fingerprint density at radius 1 is 1.18 bits per heavy atom. The third kappa shape index (κ3) is 4.66. The maximum absolute atomic E-state index is 11.8. The van der Waals surface area contributed by atoms with Crippen molar-refractivity contribution in [1.29, 1.82) is 0 Å². The summed E-state index contributed by atoms with van der Waals surface area (Å²) in [5.74, 6) is 0.00632. The van der Waals surface area contributed by atoms with Crippen LogP contribution < -0.4 is 5.32 Å². The summed E-state index contributed by atoms with van der Waals surface area (Å²) in [7, 11) is 1.26. The lowest BCUT2D eigenvalue weighted by molar-refractivity contribution is -0.143. The molecule has 0 aliphatic carbocycles. The van der Waals surface area contributed by atoms with Crippen LogP contribution in [-0.4, -0.2) is 25.2 Å². The Labute approximate surface area is 128 Å². The van der Waals surface area contributed by atoms with Crippen LogP contribution in [0.25, 0.3) is 0 Å². The highest BCUT2D eigenvalue weighted by Gasteiger charge is 2.23. The minimum atomic E-state index is -0.862. The normalized spacial score (nSPS) is 11.5. The van der Waals surface area contributed by atoms with Gasteiger partial charge in [-0.3, -0.25) is 0 Å². The van der Waals surface area contributed by atoms with Gasteiger partial charge in [0.1, 0.15) is 18.4 Å². The molecule has 0 radical (unpaired) electrons. The summed E-state index contributed by atoms with van der Waals surface area (Å²) in [5, 5.41) is 2.48. The zero-order valence-electron chi connectivity index (χ0n) is 12.2. The van der Waals surface area contributed by atoms with Crippen LogP contribution in [0.15, 0.2) is 53.1 Å². The second-order valence-electron chi connectivity index (χ2n) is 4.57. The van der Waals surface area contributed by atoms with Gasteiger partial charge in [-0.1, -0.05) is 30.3 Å². The highest BCUT2D eigenvalue weighted by molar-refractivity contribution is 5.81. The standard InChI is InChI=1S/C16H17NO5/c1-20-15(18)14(10-13-8-5-9-21-13)17-16(19)22-11-12-6-3-2-4-7-12/h2-9,14H,10-11H2,1H3,(H,17,19)/t14-/m0/s1. The van der Waals surface area contributed by atoms with Gasteiger partial charge >= 0.3 is 12.1 Å². The van der Waals surface area contributed by atoms with Crippen molar-refractivity contribution in [3.63, 3.8) is 0 Å². The zero-order valence-corrected chi connectivity index (χ0v) is 12.2. The van der Waals surface area contributed by atoms with Gasteiger partial charge < -0.3 is 19.2 Å². The number of methoxy groups -OCH3 is 1. The molecule has 6 heteroatoms. The van der Waals surface area contributed by atoms with Crippen molar-refractivity contribution in [1.82, 2.24) is 5.32 Å². The maximum Gasteiger partial charge on any atom is 0.408 e. The van der Waals surface area contributed by atoms with E-state index in [-0.39, 0.29) is 13.0 Å². The van der Waals surface area contributed by atoms with E-state index in [0.29, 0.717) is 5.76 Å². The van der Waals surface area contributed by atoms with Crippen LogP contribution in [0, 0.1) is 0 Å². The number of alkyl carbamates (subject to hydrolysis) is 1. The van der Waals surface area contributed by atoms with Crippen LogP contribution in [0.1, 0.15) is 11.3 Å². The predicted molar refractivity (Wildman–Crippen MR) is 78.0 cm³/mol. The zero-order chi connectivity index (χ0) is 15.8. The van der Waals surface area contributed by atoms with E-state index in [2.05, 4.69) is 10.1 Å². The van der Waals surface area contributed by atoms with E-state index >= 15 is 0 Å². The van der Waals surface area contributed by atoms with E-state index in [1.54, 1.807) is 12.1 Å². The molecule has 1 amide bonds. The van der Waals surface area contributed by atoms with Crippen molar-refractivity contribution < 1.29 is 23.5 Å². The fraction of sp³-hybridized carbons (Fsp3) is 0.250. The number of amides is 1. The molecule has 1 atom stereocenters.